The van der Waals surface area contributed by atoms with Gasteiger partial charge in [-0.3, -0.25) is 14.3 Å². The quantitative estimate of drug-likeness (QED) is 0.670. The van der Waals surface area contributed by atoms with E-state index >= 15 is 0 Å². The fourth-order valence-electron chi connectivity index (χ4n) is 2.50. The van der Waals surface area contributed by atoms with Crippen LogP contribution in [0, 0.1) is 0 Å². The zero-order valence-corrected chi connectivity index (χ0v) is 11.5. The largest absolute Gasteiger partial charge is 0.394 e. The number of aromatic amines is 1. The minimum Gasteiger partial charge on any atom is -0.394 e. The van der Waals surface area contributed by atoms with Gasteiger partial charge in [-0.05, 0) is 13.3 Å². The van der Waals surface area contributed by atoms with E-state index in [4.69, 9.17) is 22.1 Å². The summed E-state index contributed by atoms with van der Waals surface area (Å²) in [6.07, 6.45) is 0.977. The number of ether oxygens (including phenoxy) is 1. The summed E-state index contributed by atoms with van der Waals surface area (Å²) in [4.78, 5) is 21.5. The van der Waals surface area contributed by atoms with E-state index in [1.54, 1.807) is 11.5 Å². The summed E-state index contributed by atoms with van der Waals surface area (Å²) in [5, 5.41) is 9.22. The van der Waals surface area contributed by atoms with E-state index in [1.807, 2.05) is 0 Å². The monoisotopic (exact) mass is 299 g/mol. The molecule has 0 aliphatic carbocycles. The van der Waals surface area contributed by atoms with Crippen LogP contribution in [0.2, 0.25) is 0 Å². The van der Waals surface area contributed by atoms with Crippen LogP contribution in [0.4, 0.5) is 5.95 Å². The van der Waals surface area contributed by atoms with E-state index in [0.717, 1.165) is 0 Å². The van der Waals surface area contributed by atoms with Crippen molar-refractivity contribution < 1.29 is 9.84 Å². The Bertz CT molecular complexity index is 710. The fraction of sp³-hybridized carbons (Fsp3) is 0.545. The number of alkyl halides is 1. The molecule has 108 valence electrons. The standard InChI is InChI=1S/C11H14ClN5O3/c1-11(12)2-5(3-18)20-9(11)17-4-14-6-7(17)15-10(13)16-8(6)19/h4-5,9,18H,2-3H2,1H3,(H3,13,15,16,19)/t5-,9+,11+/m0/s1. The normalized spacial score (nSPS) is 30.1. The number of aromatic nitrogens is 4. The van der Waals surface area contributed by atoms with Crippen molar-refractivity contribution in [3.8, 4) is 0 Å². The molecular formula is C11H14ClN5O3. The second-order valence-electron chi connectivity index (χ2n) is 5.05. The number of H-pyrrole nitrogens is 1. The van der Waals surface area contributed by atoms with Crippen molar-refractivity contribution >= 4 is 28.7 Å². The number of anilines is 1. The molecule has 1 aliphatic rings. The maximum Gasteiger partial charge on any atom is 0.280 e. The minimum absolute atomic E-state index is 0.00256. The number of hydrogen-bond acceptors (Lipinski definition) is 6. The molecular weight excluding hydrogens is 286 g/mol. The lowest BCUT2D eigenvalue weighted by atomic mass is 10.1. The van der Waals surface area contributed by atoms with Crippen LogP contribution in [0.1, 0.15) is 19.6 Å². The van der Waals surface area contributed by atoms with Gasteiger partial charge in [0.1, 0.15) is 0 Å². The number of nitrogens with two attached hydrogens (primary N) is 1. The smallest absolute Gasteiger partial charge is 0.280 e. The van der Waals surface area contributed by atoms with Crippen molar-refractivity contribution in [2.45, 2.75) is 30.6 Å². The van der Waals surface area contributed by atoms with Crippen LogP contribution in [-0.4, -0.2) is 42.2 Å². The lowest BCUT2D eigenvalue weighted by Crippen LogP contribution is -2.26. The van der Waals surface area contributed by atoms with Crippen LogP contribution in [-0.2, 0) is 4.74 Å². The van der Waals surface area contributed by atoms with E-state index in [-0.39, 0.29) is 24.2 Å². The molecule has 2 aromatic heterocycles. The third-order valence-electron chi connectivity index (χ3n) is 3.37. The molecule has 3 heterocycles. The Morgan fingerprint density at radius 1 is 1.75 bits per heavy atom. The van der Waals surface area contributed by atoms with Gasteiger partial charge >= 0.3 is 0 Å². The zero-order chi connectivity index (χ0) is 14.5. The third kappa shape index (κ3) is 1.96. The highest BCUT2D eigenvalue weighted by molar-refractivity contribution is 6.24. The first-order valence-corrected chi connectivity index (χ1v) is 6.48. The summed E-state index contributed by atoms with van der Waals surface area (Å²) in [7, 11) is 0. The van der Waals surface area contributed by atoms with Gasteiger partial charge < -0.3 is 15.6 Å². The number of aliphatic hydroxyl groups excluding tert-OH is 1. The van der Waals surface area contributed by atoms with Crippen molar-refractivity contribution in [3.63, 3.8) is 0 Å². The van der Waals surface area contributed by atoms with Crippen molar-refractivity contribution in [1.29, 1.82) is 0 Å². The molecule has 20 heavy (non-hydrogen) atoms. The number of fused-ring (bicyclic) bond motifs is 1. The highest BCUT2D eigenvalue weighted by atomic mass is 35.5. The molecule has 0 amide bonds. The second kappa shape index (κ2) is 4.44. The summed E-state index contributed by atoms with van der Waals surface area (Å²) in [5.74, 6) is -0.00256. The first-order valence-electron chi connectivity index (χ1n) is 6.10. The average Bonchev–Trinajstić information content (AvgIpc) is 2.89. The Morgan fingerprint density at radius 3 is 3.15 bits per heavy atom. The van der Waals surface area contributed by atoms with E-state index in [0.29, 0.717) is 12.1 Å². The highest BCUT2D eigenvalue weighted by Gasteiger charge is 2.45. The van der Waals surface area contributed by atoms with Crippen LogP contribution >= 0.6 is 11.6 Å². The predicted octanol–water partition coefficient (Wildman–Crippen LogP) is -0.0209. The summed E-state index contributed by atoms with van der Waals surface area (Å²) in [5.41, 5.74) is 5.61. The molecule has 1 saturated heterocycles. The Hall–Kier alpha value is -1.64. The number of halogens is 1. The Kier molecular flexibility index (Phi) is 2.96. The molecule has 9 heteroatoms. The molecule has 0 saturated carbocycles. The number of hydrogen-bond donors (Lipinski definition) is 3. The van der Waals surface area contributed by atoms with Crippen LogP contribution < -0.4 is 11.3 Å². The van der Waals surface area contributed by atoms with E-state index in [1.165, 1.54) is 6.33 Å². The highest BCUT2D eigenvalue weighted by Crippen LogP contribution is 2.43. The average molecular weight is 300 g/mol. The molecule has 3 rings (SSSR count). The van der Waals surface area contributed by atoms with Gasteiger partial charge in [-0.15, -0.1) is 11.6 Å². The number of nitrogens with zero attached hydrogens (tertiary/aromatic N) is 3. The zero-order valence-electron chi connectivity index (χ0n) is 10.7. The molecule has 2 aromatic rings. The van der Waals surface area contributed by atoms with Crippen molar-refractivity contribution in [2.24, 2.45) is 0 Å². The van der Waals surface area contributed by atoms with Crippen molar-refractivity contribution in [1.82, 2.24) is 19.5 Å². The summed E-state index contributed by atoms with van der Waals surface area (Å²) < 4.78 is 7.28. The van der Waals surface area contributed by atoms with Gasteiger partial charge in [-0.1, -0.05) is 0 Å². The van der Waals surface area contributed by atoms with Gasteiger partial charge in [0.2, 0.25) is 5.95 Å². The molecule has 0 spiro atoms. The summed E-state index contributed by atoms with van der Waals surface area (Å²) >= 11 is 6.45. The molecule has 0 aromatic carbocycles. The first kappa shape index (κ1) is 13.3. The Morgan fingerprint density at radius 2 is 2.50 bits per heavy atom. The summed E-state index contributed by atoms with van der Waals surface area (Å²) in [6, 6.07) is 0. The number of imidazole rings is 1. The molecule has 1 aliphatic heterocycles. The van der Waals surface area contributed by atoms with Crippen LogP contribution in [0.25, 0.3) is 11.2 Å². The van der Waals surface area contributed by atoms with Crippen LogP contribution in [0.15, 0.2) is 11.1 Å². The molecule has 8 nitrogen and oxygen atoms in total. The fourth-order valence-corrected chi connectivity index (χ4v) is 2.82. The Balaban J connectivity index is 2.13. The SMILES string of the molecule is C[C@@]1(Cl)C[C@@H](CO)O[C@H]1n1cnc2c(=O)[nH]c(N)nc21. The maximum atomic E-state index is 11.7. The summed E-state index contributed by atoms with van der Waals surface area (Å²) in [6.45, 7) is 1.68. The second-order valence-corrected chi connectivity index (χ2v) is 5.91. The van der Waals surface area contributed by atoms with Crippen molar-refractivity contribution in [2.75, 3.05) is 12.3 Å². The van der Waals surface area contributed by atoms with Gasteiger partial charge in [0.25, 0.3) is 5.56 Å². The van der Waals surface area contributed by atoms with Crippen molar-refractivity contribution in [3.05, 3.63) is 16.7 Å². The first-order chi connectivity index (χ1) is 9.42. The van der Waals surface area contributed by atoms with Gasteiger partial charge in [-0.2, -0.15) is 4.98 Å². The minimum atomic E-state index is -0.736. The molecule has 1 fully saturated rings. The number of aliphatic hydroxyl groups is 1. The van der Waals surface area contributed by atoms with Gasteiger partial charge in [-0.25, -0.2) is 4.98 Å². The van der Waals surface area contributed by atoms with E-state index < -0.39 is 16.7 Å². The van der Waals surface area contributed by atoms with Gasteiger partial charge in [0, 0.05) is 0 Å². The lowest BCUT2D eigenvalue weighted by Gasteiger charge is -2.23. The molecule has 0 radical (unpaired) electrons. The molecule has 3 atom stereocenters. The van der Waals surface area contributed by atoms with E-state index in [9.17, 15) is 9.90 Å². The lowest BCUT2D eigenvalue weighted by molar-refractivity contribution is -0.0264. The van der Waals surface area contributed by atoms with Crippen LogP contribution in [0.5, 0.6) is 0 Å². The third-order valence-corrected chi connectivity index (χ3v) is 3.71. The van der Waals surface area contributed by atoms with E-state index in [2.05, 4.69) is 15.0 Å². The predicted molar refractivity (Wildman–Crippen MR) is 72.4 cm³/mol. The molecule has 0 bridgehead atoms. The maximum absolute atomic E-state index is 11.7. The number of rotatable bonds is 2. The number of nitrogens with one attached hydrogen (secondary N) is 1. The van der Waals surface area contributed by atoms with Crippen LogP contribution in [0.3, 0.4) is 0 Å². The van der Waals surface area contributed by atoms with Gasteiger partial charge in [0.15, 0.2) is 17.4 Å². The molecule has 0 unspecified atom stereocenters. The Labute approximate surface area is 118 Å². The molecule has 4 N–H and O–H groups in total. The van der Waals surface area contributed by atoms with Gasteiger partial charge in [0.05, 0.1) is 23.9 Å². The number of nitrogen functional groups attached to an aromatic ring is 1. The topological polar surface area (TPSA) is 119 Å².